The van der Waals surface area contributed by atoms with E-state index in [1.807, 2.05) is 26.0 Å². The van der Waals surface area contributed by atoms with E-state index in [9.17, 15) is 0 Å². The zero-order valence-electron chi connectivity index (χ0n) is 8.84. The van der Waals surface area contributed by atoms with Crippen LogP contribution in [0.15, 0.2) is 23.8 Å². The lowest BCUT2D eigenvalue weighted by Crippen LogP contribution is -2.02. The van der Waals surface area contributed by atoms with Crippen molar-refractivity contribution in [2.24, 2.45) is 5.73 Å². The molecule has 0 aliphatic heterocycles. The minimum atomic E-state index is 0.528. The van der Waals surface area contributed by atoms with Crippen LogP contribution in [0.2, 0.25) is 5.02 Å². The number of nitrogens with two attached hydrogens (primary N) is 1. The lowest BCUT2D eigenvalue weighted by Gasteiger charge is -2.08. The molecule has 0 bridgehead atoms. The van der Waals surface area contributed by atoms with Gasteiger partial charge in [-0.25, -0.2) is 0 Å². The number of aryl methyl sites for hydroxylation is 1. The Morgan fingerprint density at radius 3 is 2.73 bits per heavy atom. The summed E-state index contributed by atoms with van der Waals surface area (Å²) in [4.78, 5) is 0. The maximum absolute atomic E-state index is 8.90. The number of hydrogen-bond acceptors (Lipinski definition) is 2. The van der Waals surface area contributed by atoms with Gasteiger partial charge in [0.25, 0.3) is 0 Å². The molecule has 0 heterocycles. The van der Waals surface area contributed by atoms with E-state index in [0.29, 0.717) is 22.7 Å². The molecule has 0 aliphatic carbocycles. The van der Waals surface area contributed by atoms with Crippen LogP contribution in [0.3, 0.4) is 0 Å². The largest absolute Gasteiger partial charge is 0.397 e. The Morgan fingerprint density at radius 1 is 1.53 bits per heavy atom. The predicted molar refractivity (Wildman–Crippen MR) is 63.2 cm³/mol. The Balaban J connectivity index is 3.34. The number of hydrogen-bond donors (Lipinski definition) is 1. The van der Waals surface area contributed by atoms with Gasteiger partial charge in [0.05, 0.1) is 17.3 Å². The van der Waals surface area contributed by atoms with Crippen LogP contribution in [0, 0.1) is 18.3 Å². The van der Waals surface area contributed by atoms with Crippen LogP contribution >= 0.6 is 11.6 Å². The first-order valence-corrected chi connectivity index (χ1v) is 5.13. The first-order valence-electron chi connectivity index (χ1n) is 4.75. The summed E-state index contributed by atoms with van der Waals surface area (Å²) in [6, 6.07) is 7.61. The summed E-state index contributed by atoms with van der Waals surface area (Å²) in [5.74, 6) is 0. The number of halogens is 1. The second-order valence-corrected chi connectivity index (χ2v) is 3.75. The van der Waals surface area contributed by atoms with E-state index in [4.69, 9.17) is 22.6 Å². The molecule has 0 radical (unpaired) electrons. The normalized spacial score (nSPS) is 11.9. The van der Waals surface area contributed by atoms with E-state index in [-0.39, 0.29) is 0 Å². The van der Waals surface area contributed by atoms with Gasteiger partial charge in [-0.15, -0.1) is 0 Å². The minimum Gasteiger partial charge on any atom is -0.397 e. The van der Waals surface area contributed by atoms with Crippen LogP contribution in [-0.4, -0.2) is 0 Å². The number of nitrogens with zero attached hydrogens (tertiary/aromatic N) is 1. The van der Waals surface area contributed by atoms with Crippen LogP contribution < -0.4 is 5.73 Å². The lowest BCUT2D eigenvalue weighted by atomic mass is 10.0. The molecule has 0 amide bonds. The monoisotopic (exact) mass is 220 g/mol. The second-order valence-electron chi connectivity index (χ2n) is 3.32. The molecule has 2 nitrogen and oxygen atoms in total. The first-order chi connectivity index (χ1) is 7.10. The number of rotatable bonds is 2. The highest BCUT2D eigenvalue weighted by Gasteiger charge is 2.07. The molecular weight excluding hydrogens is 208 g/mol. The van der Waals surface area contributed by atoms with E-state index in [1.54, 1.807) is 6.07 Å². The molecule has 15 heavy (non-hydrogen) atoms. The molecule has 2 N–H and O–H groups in total. The first kappa shape index (κ1) is 11.6. The highest BCUT2D eigenvalue weighted by atomic mass is 35.5. The third-order valence-electron chi connectivity index (χ3n) is 2.30. The molecule has 0 saturated heterocycles. The van der Waals surface area contributed by atoms with Crippen LogP contribution in [0.5, 0.6) is 0 Å². The summed E-state index contributed by atoms with van der Waals surface area (Å²) in [7, 11) is 0. The molecule has 0 fully saturated rings. The molecule has 0 spiro atoms. The Labute approximate surface area is 95.0 Å². The highest BCUT2D eigenvalue weighted by molar-refractivity contribution is 6.30. The van der Waals surface area contributed by atoms with Crippen molar-refractivity contribution in [1.29, 1.82) is 5.26 Å². The maximum atomic E-state index is 8.90. The van der Waals surface area contributed by atoms with Crippen molar-refractivity contribution in [3.63, 3.8) is 0 Å². The fourth-order valence-corrected chi connectivity index (χ4v) is 1.55. The smallest absolute Gasteiger partial charge is 0.0968 e. The zero-order chi connectivity index (χ0) is 11.4. The molecule has 0 unspecified atom stereocenters. The van der Waals surface area contributed by atoms with Gasteiger partial charge in [-0.2, -0.15) is 5.26 Å². The Morgan fingerprint density at radius 2 is 2.20 bits per heavy atom. The van der Waals surface area contributed by atoms with Crippen molar-refractivity contribution < 1.29 is 0 Å². The number of benzene rings is 1. The topological polar surface area (TPSA) is 49.8 Å². The summed E-state index contributed by atoms with van der Waals surface area (Å²) in [6.45, 7) is 3.86. The SMILES string of the molecule is CC/C(C#N)=C(/N)c1cc(Cl)ccc1C. The van der Waals surface area contributed by atoms with Gasteiger partial charge in [0, 0.05) is 10.6 Å². The van der Waals surface area contributed by atoms with Crippen LogP contribution in [0.4, 0.5) is 0 Å². The lowest BCUT2D eigenvalue weighted by molar-refractivity contribution is 1.14. The fraction of sp³-hybridized carbons (Fsp3) is 0.250. The van der Waals surface area contributed by atoms with Gasteiger partial charge < -0.3 is 5.73 Å². The van der Waals surface area contributed by atoms with Crippen molar-refractivity contribution in [2.45, 2.75) is 20.3 Å². The maximum Gasteiger partial charge on any atom is 0.0968 e. The third kappa shape index (κ3) is 2.51. The molecule has 1 aromatic rings. The Bertz CT molecular complexity index is 441. The van der Waals surface area contributed by atoms with Crippen molar-refractivity contribution in [3.8, 4) is 6.07 Å². The molecule has 0 saturated carbocycles. The summed E-state index contributed by atoms with van der Waals surface area (Å²) < 4.78 is 0. The van der Waals surface area contributed by atoms with Gasteiger partial charge in [-0.3, -0.25) is 0 Å². The molecule has 0 aromatic heterocycles. The van der Waals surface area contributed by atoms with Crippen molar-refractivity contribution in [1.82, 2.24) is 0 Å². The Hall–Kier alpha value is -1.46. The van der Waals surface area contributed by atoms with E-state index in [1.165, 1.54) is 0 Å². The number of nitriles is 1. The van der Waals surface area contributed by atoms with E-state index in [0.717, 1.165) is 11.1 Å². The van der Waals surface area contributed by atoms with Crippen molar-refractivity contribution >= 4 is 17.3 Å². The average molecular weight is 221 g/mol. The molecular formula is C12H13ClN2. The quantitative estimate of drug-likeness (QED) is 0.778. The third-order valence-corrected chi connectivity index (χ3v) is 2.54. The highest BCUT2D eigenvalue weighted by Crippen LogP contribution is 2.22. The predicted octanol–water partition coefficient (Wildman–Crippen LogP) is 3.25. The van der Waals surface area contributed by atoms with Crippen LogP contribution in [0.25, 0.3) is 5.70 Å². The van der Waals surface area contributed by atoms with E-state index < -0.39 is 0 Å². The standard InChI is InChI=1S/C12H13ClN2/c1-3-9(7-14)12(15)11-6-10(13)5-4-8(11)2/h4-6H,3,15H2,1-2H3/b12-9-. The van der Waals surface area contributed by atoms with Crippen LogP contribution in [0.1, 0.15) is 24.5 Å². The molecule has 1 aromatic carbocycles. The van der Waals surface area contributed by atoms with Crippen molar-refractivity contribution in [2.75, 3.05) is 0 Å². The molecule has 0 atom stereocenters. The van der Waals surface area contributed by atoms with Gasteiger partial charge >= 0.3 is 0 Å². The van der Waals surface area contributed by atoms with E-state index >= 15 is 0 Å². The average Bonchev–Trinajstić information content (AvgIpc) is 2.23. The summed E-state index contributed by atoms with van der Waals surface area (Å²) >= 11 is 5.89. The molecule has 1 rings (SSSR count). The molecule has 78 valence electrons. The van der Waals surface area contributed by atoms with Gasteiger partial charge in [0.1, 0.15) is 0 Å². The minimum absolute atomic E-state index is 0.528. The van der Waals surface area contributed by atoms with Gasteiger partial charge in [0.15, 0.2) is 0 Å². The Kier molecular flexibility index (Phi) is 3.76. The van der Waals surface area contributed by atoms with Crippen molar-refractivity contribution in [3.05, 3.63) is 39.9 Å². The molecule has 3 heteroatoms. The zero-order valence-corrected chi connectivity index (χ0v) is 9.60. The van der Waals surface area contributed by atoms with E-state index in [2.05, 4.69) is 6.07 Å². The molecule has 0 aliphatic rings. The van der Waals surface area contributed by atoms with Gasteiger partial charge in [0.2, 0.25) is 0 Å². The summed E-state index contributed by atoms with van der Waals surface area (Å²) in [5, 5.41) is 9.53. The second kappa shape index (κ2) is 4.86. The van der Waals surface area contributed by atoms with Gasteiger partial charge in [-0.05, 0) is 31.0 Å². The summed E-state index contributed by atoms with van der Waals surface area (Å²) in [6.07, 6.45) is 0.633. The number of allylic oxidation sites excluding steroid dienone is 1. The van der Waals surface area contributed by atoms with Crippen LogP contribution in [-0.2, 0) is 0 Å². The summed E-state index contributed by atoms with van der Waals surface area (Å²) in [5.41, 5.74) is 8.93. The van der Waals surface area contributed by atoms with Gasteiger partial charge in [-0.1, -0.05) is 24.6 Å². The fourth-order valence-electron chi connectivity index (χ4n) is 1.38.